The largest absolute Gasteiger partial charge is 0.381 e. The number of ether oxygens (including phenoxy) is 1. The first-order valence-electron chi connectivity index (χ1n) is 8.99. The molecule has 0 radical (unpaired) electrons. The SMILES string of the molecule is CN1C(=O)[C@H](CC(=O)NCC2(c3cccc(F)c3)CCOCC2)N(C)C1=O. The molecule has 4 amide bonds. The van der Waals surface area contributed by atoms with Gasteiger partial charge in [0.15, 0.2) is 0 Å². The minimum atomic E-state index is -0.790. The van der Waals surface area contributed by atoms with Crippen molar-refractivity contribution < 1.29 is 23.5 Å². The van der Waals surface area contributed by atoms with Crippen molar-refractivity contribution in [3.63, 3.8) is 0 Å². The Morgan fingerprint density at radius 3 is 2.59 bits per heavy atom. The minimum Gasteiger partial charge on any atom is -0.381 e. The normalized spacial score (nSPS) is 22.3. The van der Waals surface area contributed by atoms with Gasteiger partial charge in [-0.25, -0.2) is 9.18 Å². The average Bonchev–Trinajstić information content (AvgIpc) is 2.85. The van der Waals surface area contributed by atoms with Gasteiger partial charge in [0.2, 0.25) is 5.91 Å². The Morgan fingerprint density at radius 1 is 1.30 bits per heavy atom. The lowest BCUT2D eigenvalue weighted by atomic mass is 9.74. The van der Waals surface area contributed by atoms with E-state index in [9.17, 15) is 18.8 Å². The van der Waals surface area contributed by atoms with Crippen LogP contribution in [0.3, 0.4) is 0 Å². The van der Waals surface area contributed by atoms with Crippen molar-refractivity contribution in [2.75, 3.05) is 33.9 Å². The van der Waals surface area contributed by atoms with E-state index < -0.39 is 17.5 Å². The Labute approximate surface area is 157 Å². The quantitative estimate of drug-likeness (QED) is 0.784. The number of hydrogen-bond acceptors (Lipinski definition) is 4. The molecule has 0 bridgehead atoms. The fourth-order valence-electron chi connectivity index (χ4n) is 3.74. The standard InChI is InChI=1S/C19H24FN3O4/c1-22-15(17(25)23(2)18(22)26)11-16(24)21-12-19(6-8-27-9-7-19)13-4-3-5-14(20)10-13/h3-5,10,15H,6-9,11-12H2,1-2H3,(H,21,24)/t15-/m0/s1. The number of urea groups is 1. The van der Waals surface area contributed by atoms with E-state index in [-0.39, 0.29) is 24.1 Å². The average molecular weight is 377 g/mol. The summed E-state index contributed by atoms with van der Waals surface area (Å²) in [5, 5.41) is 2.88. The molecule has 0 aromatic heterocycles. The van der Waals surface area contributed by atoms with Crippen LogP contribution in [0.2, 0.25) is 0 Å². The maximum atomic E-state index is 13.7. The maximum absolute atomic E-state index is 13.7. The molecule has 2 saturated heterocycles. The van der Waals surface area contributed by atoms with Gasteiger partial charge < -0.3 is 15.0 Å². The van der Waals surface area contributed by atoms with Crippen LogP contribution in [0.15, 0.2) is 24.3 Å². The number of halogens is 1. The first-order valence-corrected chi connectivity index (χ1v) is 8.99. The summed E-state index contributed by atoms with van der Waals surface area (Å²) in [6.45, 7) is 1.40. The number of benzene rings is 1. The number of carbonyl (C=O) groups is 3. The highest BCUT2D eigenvalue weighted by atomic mass is 19.1. The van der Waals surface area contributed by atoms with Crippen LogP contribution in [0.1, 0.15) is 24.8 Å². The Balaban J connectivity index is 1.68. The highest BCUT2D eigenvalue weighted by Crippen LogP contribution is 2.34. The van der Waals surface area contributed by atoms with Gasteiger partial charge in [0.05, 0.1) is 6.42 Å². The highest BCUT2D eigenvalue weighted by molar-refractivity contribution is 6.05. The van der Waals surface area contributed by atoms with E-state index in [1.165, 1.54) is 31.1 Å². The van der Waals surface area contributed by atoms with Gasteiger partial charge in [0, 0.05) is 39.3 Å². The number of nitrogens with one attached hydrogen (secondary N) is 1. The van der Waals surface area contributed by atoms with Crippen molar-refractivity contribution in [1.82, 2.24) is 15.1 Å². The molecule has 2 aliphatic heterocycles. The molecule has 0 spiro atoms. The molecule has 1 aromatic rings. The lowest BCUT2D eigenvalue weighted by molar-refractivity contribution is -0.131. The van der Waals surface area contributed by atoms with Crippen LogP contribution in [0.4, 0.5) is 9.18 Å². The Kier molecular flexibility index (Phi) is 5.46. The highest BCUT2D eigenvalue weighted by Gasteiger charge is 2.42. The fourth-order valence-corrected chi connectivity index (χ4v) is 3.74. The van der Waals surface area contributed by atoms with Crippen LogP contribution >= 0.6 is 0 Å². The van der Waals surface area contributed by atoms with Crippen molar-refractivity contribution in [2.24, 2.45) is 0 Å². The van der Waals surface area contributed by atoms with Crippen LogP contribution < -0.4 is 5.32 Å². The van der Waals surface area contributed by atoms with Gasteiger partial charge in [-0.1, -0.05) is 12.1 Å². The van der Waals surface area contributed by atoms with E-state index in [2.05, 4.69) is 5.32 Å². The lowest BCUT2D eigenvalue weighted by Gasteiger charge is -2.38. The van der Waals surface area contributed by atoms with E-state index in [0.29, 0.717) is 32.6 Å². The van der Waals surface area contributed by atoms with Crippen molar-refractivity contribution in [3.05, 3.63) is 35.6 Å². The van der Waals surface area contributed by atoms with E-state index in [0.717, 1.165) is 10.5 Å². The molecule has 2 fully saturated rings. The second-order valence-corrected chi connectivity index (χ2v) is 7.19. The third-order valence-corrected chi connectivity index (χ3v) is 5.56. The minimum absolute atomic E-state index is 0.0961. The molecule has 7 nitrogen and oxygen atoms in total. The zero-order valence-electron chi connectivity index (χ0n) is 15.5. The molecule has 2 aliphatic rings. The van der Waals surface area contributed by atoms with Gasteiger partial charge in [-0.15, -0.1) is 0 Å². The molecule has 0 unspecified atom stereocenters. The second-order valence-electron chi connectivity index (χ2n) is 7.19. The number of imide groups is 1. The summed E-state index contributed by atoms with van der Waals surface area (Å²) in [4.78, 5) is 38.7. The fraction of sp³-hybridized carbons (Fsp3) is 0.526. The molecule has 0 saturated carbocycles. The molecule has 2 heterocycles. The zero-order valence-corrected chi connectivity index (χ0v) is 15.5. The summed E-state index contributed by atoms with van der Waals surface area (Å²) < 4.78 is 19.2. The number of rotatable bonds is 5. The first-order chi connectivity index (χ1) is 12.8. The Morgan fingerprint density at radius 2 is 2.00 bits per heavy atom. The van der Waals surface area contributed by atoms with Gasteiger partial charge >= 0.3 is 6.03 Å². The third-order valence-electron chi connectivity index (χ3n) is 5.56. The molecular weight excluding hydrogens is 353 g/mol. The molecule has 1 N–H and O–H groups in total. The van der Waals surface area contributed by atoms with Gasteiger partial charge in [0.1, 0.15) is 11.9 Å². The number of hydrogen-bond donors (Lipinski definition) is 1. The third kappa shape index (κ3) is 3.80. The van der Waals surface area contributed by atoms with Crippen LogP contribution in [0.25, 0.3) is 0 Å². The summed E-state index contributed by atoms with van der Waals surface area (Å²) in [6.07, 6.45) is 1.24. The number of carbonyl (C=O) groups excluding carboxylic acids is 3. The predicted octanol–water partition coefficient (Wildman–Crippen LogP) is 1.27. The smallest absolute Gasteiger partial charge is 0.326 e. The second kappa shape index (κ2) is 7.64. The van der Waals surface area contributed by atoms with E-state index >= 15 is 0 Å². The van der Waals surface area contributed by atoms with Crippen molar-refractivity contribution in [1.29, 1.82) is 0 Å². The van der Waals surface area contributed by atoms with Crippen LogP contribution in [-0.2, 0) is 19.7 Å². The first kappa shape index (κ1) is 19.3. The summed E-state index contributed by atoms with van der Waals surface area (Å²) in [7, 11) is 2.91. The molecule has 3 rings (SSSR count). The van der Waals surface area contributed by atoms with E-state index in [4.69, 9.17) is 4.74 Å². The maximum Gasteiger partial charge on any atom is 0.326 e. The van der Waals surface area contributed by atoms with Gasteiger partial charge in [0.25, 0.3) is 5.91 Å². The Bertz CT molecular complexity index is 748. The molecule has 146 valence electrons. The summed E-state index contributed by atoms with van der Waals surface area (Å²) >= 11 is 0. The van der Waals surface area contributed by atoms with Gasteiger partial charge in [-0.3, -0.25) is 14.5 Å². The number of likely N-dealkylation sites (N-methyl/N-ethyl adjacent to an activating group) is 2. The molecule has 0 aliphatic carbocycles. The van der Waals surface area contributed by atoms with Crippen LogP contribution in [0, 0.1) is 5.82 Å². The van der Waals surface area contributed by atoms with E-state index in [1.54, 1.807) is 6.07 Å². The lowest BCUT2D eigenvalue weighted by Crippen LogP contribution is -2.46. The van der Waals surface area contributed by atoms with Crippen molar-refractivity contribution in [2.45, 2.75) is 30.7 Å². The molecular formula is C19H24FN3O4. The van der Waals surface area contributed by atoms with Gasteiger partial charge in [-0.2, -0.15) is 0 Å². The van der Waals surface area contributed by atoms with Gasteiger partial charge in [-0.05, 0) is 30.5 Å². The summed E-state index contributed by atoms with van der Waals surface area (Å²) in [5.74, 6) is -1.02. The molecule has 1 atom stereocenters. The number of amides is 4. The van der Waals surface area contributed by atoms with E-state index in [1.807, 2.05) is 6.07 Å². The Hall–Kier alpha value is -2.48. The number of nitrogens with zero attached hydrogens (tertiary/aromatic N) is 2. The van der Waals surface area contributed by atoms with Crippen LogP contribution in [0.5, 0.6) is 0 Å². The summed E-state index contributed by atoms with van der Waals surface area (Å²) in [5.41, 5.74) is 0.420. The predicted molar refractivity (Wildman–Crippen MR) is 95.5 cm³/mol. The molecule has 1 aromatic carbocycles. The molecule has 27 heavy (non-hydrogen) atoms. The topological polar surface area (TPSA) is 79.0 Å². The van der Waals surface area contributed by atoms with Crippen LogP contribution in [-0.4, -0.2) is 67.5 Å². The monoisotopic (exact) mass is 377 g/mol. The van der Waals surface area contributed by atoms with Crippen molar-refractivity contribution in [3.8, 4) is 0 Å². The van der Waals surface area contributed by atoms with Crippen molar-refractivity contribution >= 4 is 17.8 Å². The molecule has 8 heteroatoms. The summed E-state index contributed by atoms with van der Waals surface area (Å²) in [6, 6.07) is 5.21. The zero-order chi connectivity index (χ0) is 19.6.